The van der Waals surface area contributed by atoms with Crippen LogP contribution in [0.3, 0.4) is 0 Å². The minimum atomic E-state index is -0.0958. The number of nitrogens with one attached hydrogen (secondary N) is 1. The molecular weight excluding hydrogens is 190 g/mol. The first-order valence-corrected chi connectivity index (χ1v) is 5.08. The number of hydrogen-bond donors (Lipinski definition) is 2. The lowest BCUT2D eigenvalue weighted by Gasteiger charge is -2.11. The van der Waals surface area contributed by atoms with Gasteiger partial charge in [0.05, 0.1) is 0 Å². The van der Waals surface area contributed by atoms with Crippen LogP contribution in [0, 0.1) is 6.92 Å². The molecule has 0 spiro atoms. The van der Waals surface area contributed by atoms with Gasteiger partial charge in [0.2, 0.25) is 0 Å². The first-order valence-electron chi connectivity index (χ1n) is 5.08. The fourth-order valence-corrected chi connectivity index (χ4v) is 1.23. The van der Waals surface area contributed by atoms with Gasteiger partial charge in [-0.15, -0.1) is 0 Å². The molecule has 1 heterocycles. The number of amides is 1. The summed E-state index contributed by atoms with van der Waals surface area (Å²) in [5.41, 5.74) is 6.89. The summed E-state index contributed by atoms with van der Waals surface area (Å²) in [7, 11) is 0. The minimum absolute atomic E-state index is 0.0958. The SMILES string of the molecule is CCC(C)NC(=O)c1cc(C)nc(N)c1. The number of nitrogen functional groups attached to an aromatic ring is 1. The third-order valence-corrected chi connectivity index (χ3v) is 2.23. The Balaban J connectivity index is 2.82. The highest BCUT2D eigenvalue weighted by molar-refractivity contribution is 5.95. The second-order valence-corrected chi connectivity index (χ2v) is 3.70. The molecule has 0 bridgehead atoms. The van der Waals surface area contributed by atoms with Gasteiger partial charge in [-0.25, -0.2) is 4.98 Å². The van der Waals surface area contributed by atoms with Crippen molar-refractivity contribution in [1.82, 2.24) is 10.3 Å². The molecular formula is C11H17N3O. The molecule has 1 amide bonds. The van der Waals surface area contributed by atoms with Crippen LogP contribution in [0.15, 0.2) is 12.1 Å². The molecule has 0 radical (unpaired) electrons. The van der Waals surface area contributed by atoms with Gasteiger partial charge in [0.25, 0.3) is 5.91 Å². The summed E-state index contributed by atoms with van der Waals surface area (Å²) in [6.45, 7) is 5.81. The molecule has 4 heteroatoms. The van der Waals surface area contributed by atoms with E-state index >= 15 is 0 Å². The second kappa shape index (κ2) is 4.77. The summed E-state index contributed by atoms with van der Waals surface area (Å²) < 4.78 is 0. The smallest absolute Gasteiger partial charge is 0.251 e. The quantitative estimate of drug-likeness (QED) is 0.789. The fourth-order valence-electron chi connectivity index (χ4n) is 1.23. The lowest BCUT2D eigenvalue weighted by Crippen LogP contribution is -2.32. The summed E-state index contributed by atoms with van der Waals surface area (Å²) in [4.78, 5) is 15.7. The van der Waals surface area contributed by atoms with Crippen LogP contribution in [0.2, 0.25) is 0 Å². The van der Waals surface area contributed by atoms with E-state index in [0.29, 0.717) is 11.4 Å². The van der Waals surface area contributed by atoms with Crippen LogP contribution in [0.25, 0.3) is 0 Å². The number of pyridine rings is 1. The van der Waals surface area contributed by atoms with Crippen molar-refractivity contribution < 1.29 is 4.79 Å². The highest BCUT2D eigenvalue weighted by atomic mass is 16.1. The summed E-state index contributed by atoms with van der Waals surface area (Å²) in [5.74, 6) is 0.283. The third kappa shape index (κ3) is 3.23. The Morgan fingerprint density at radius 1 is 1.60 bits per heavy atom. The summed E-state index contributed by atoms with van der Waals surface area (Å²) >= 11 is 0. The molecule has 4 nitrogen and oxygen atoms in total. The summed E-state index contributed by atoms with van der Waals surface area (Å²) in [6, 6.07) is 3.49. The van der Waals surface area contributed by atoms with E-state index in [1.807, 2.05) is 20.8 Å². The molecule has 0 aromatic carbocycles. The molecule has 82 valence electrons. The standard InChI is InChI=1S/C11H17N3O/c1-4-7(2)14-11(15)9-5-8(3)13-10(12)6-9/h5-7H,4H2,1-3H3,(H2,12,13)(H,14,15). The number of aryl methyl sites for hydroxylation is 1. The monoisotopic (exact) mass is 207 g/mol. The summed E-state index contributed by atoms with van der Waals surface area (Å²) in [5, 5.41) is 2.88. The van der Waals surface area contributed by atoms with Gasteiger partial charge in [-0.3, -0.25) is 4.79 Å². The number of nitrogens with zero attached hydrogens (tertiary/aromatic N) is 1. The molecule has 3 N–H and O–H groups in total. The maximum absolute atomic E-state index is 11.7. The van der Waals surface area contributed by atoms with Gasteiger partial charge in [0.15, 0.2) is 0 Å². The normalized spacial score (nSPS) is 12.2. The zero-order chi connectivity index (χ0) is 11.4. The minimum Gasteiger partial charge on any atom is -0.384 e. The predicted octanol–water partition coefficient (Wildman–Crippen LogP) is 1.50. The van der Waals surface area contributed by atoms with Gasteiger partial charge in [0.1, 0.15) is 5.82 Å². The average molecular weight is 207 g/mol. The van der Waals surface area contributed by atoms with Crippen LogP contribution in [0.5, 0.6) is 0 Å². The Hall–Kier alpha value is -1.58. The number of nitrogens with two attached hydrogens (primary N) is 1. The average Bonchev–Trinajstić information content (AvgIpc) is 2.16. The fraction of sp³-hybridized carbons (Fsp3) is 0.455. The van der Waals surface area contributed by atoms with E-state index in [4.69, 9.17) is 5.73 Å². The van der Waals surface area contributed by atoms with Gasteiger partial charge in [-0.2, -0.15) is 0 Å². The second-order valence-electron chi connectivity index (χ2n) is 3.70. The van der Waals surface area contributed by atoms with Gasteiger partial charge < -0.3 is 11.1 Å². The molecule has 1 unspecified atom stereocenters. The molecule has 1 aromatic rings. The first kappa shape index (κ1) is 11.5. The topological polar surface area (TPSA) is 68.0 Å². The van der Waals surface area contributed by atoms with Crippen molar-refractivity contribution >= 4 is 11.7 Å². The van der Waals surface area contributed by atoms with Crippen LogP contribution in [0.4, 0.5) is 5.82 Å². The highest BCUT2D eigenvalue weighted by Crippen LogP contribution is 2.07. The van der Waals surface area contributed by atoms with Crippen molar-refractivity contribution in [2.75, 3.05) is 5.73 Å². The number of carbonyl (C=O) groups excluding carboxylic acids is 1. The van der Waals surface area contributed by atoms with E-state index < -0.39 is 0 Å². The molecule has 0 saturated heterocycles. The van der Waals surface area contributed by atoms with Crippen molar-refractivity contribution in [2.45, 2.75) is 33.2 Å². The largest absolute Gasteiger partial charge is 0.384 e. The molecule has 1 rings (SSSR count). The zero-order valence-electron chi connectivity index (χ0n) is 9.37. The molecule has 1 atom stereocenters. The van der Waals surface area contributed by atoms with Gasteiger partial charge in [0, 0.05) is 17.3 Å². The van der Waals surface area contributed by atoms with Crippen molar-refractivity contribution in [1.29, 1.82) is 0 Å². The number of anilines is 1. The predicted molar refractivity (Wildman–Crippen MR) is 60.6 cm³/mol. The molecule has 0 aliphatic rings. The Morgan fingerprint density at radius 2 is 2.27 bits per heavy atom. The van der Waals surface area contributed by atoms with E-state index in [0.717, 1.165) is 12.1 Å². The van der Waals surface area contributed by atoms with Crippen LogP contribution in [0.1, 0.15) is 36.3 Å². The van der Waals surface area contributed by atoms with Gasteiger partial charge in [-0.1, -0.05) is 6.92 Å². The molecule has 0 fully saturated rings. The summed E-state index contributed by atoms with van der Waals surface area (Å²) in [6.07, 6.45) is 0.908. The Morgan fingerprint density at radius 3 is 2.80 bits per heavy atom. The van der Waals surface area contributed by atoms with E-state index in [1.165, 1.54) is 0 Å². The van der Waals surface area contributed by atoms with Crippen molar-refractivity contribution in [3.8, 4) is 0 Å². The molecule has 1 aromatic heterocycles. The Bertz CT molecular complexity index is 343. The van der Waals surface area contributed by atoms with Crippen molar-refractivity contribution in [2.24, 2.45) is 0 Å². The lowest BCUT2D eigenvalue weighted by molar-refractivity contribution is 0.0939. The van der Waals surface area contributed by atoms with Crippen LogP contribution in [-0.4, -0.2) is 16.9 Å². The Kier molecular flexibility index (Phi) is 3.66. The number of aromatic nitrogens is 1. The van der Waals surface area contributed by atoms with Crippen molar-refractivity contribution in [3.63, 3.8) is 0 Å². The maximum atomic E-state index is 11.7. The third-order valence-electron chi connectivity index (χ3n) is 2.23. The molecule has 0 saturated carbocycles. The molecule has 0 aliphatic carbocycles. The molecule has 0 aliphatic heterocycles. The van der Waals surface area contributed by atoms with Gasteiger partial charge >= 0.3 is 0 Å². The van der Waals surface area contributed by atoms with E-state index in [1.54, 1.807) is 12.1 Å². The van der Waals surface area contributed by atoms with E-state index in [-0.39, 0.29) is 11.9 Å². The highest BCUT2D eigenvalue weighted by Gasteiger charge is 2.09. The number of carbonyl (C=O) groups is 1. The van der Waals surface area contributed by atoms with Crippen LogP contribution >= 0.6 is 0 Å². The van der Waals surface area contributed by atoms with Gasteiger partial charge in [-0.05, 0) is 32.4 Å². The Labute approximate surface area is 89.9 Å². The van der Waals surface area contributed by atoms with Crippen LogP contribution in [-0.2, 0) is 0 Å². The van der Waals surface area contributed by atoms with E-state index in [2.05, 4.69) is 10.3 Å². The maximum Gasteiger partial charge on any atom is 0.251 e. The first-order chi connectivity index (χ1) is 7.02. The molecule has 15 heavy (non-hydrogen) atoms. The van der Waals surface area contributed by atoms with E-state index in [9.17, 15) is 4.79 Å². The van der Waals surface area contributed by atoms with Crippen molar-refractivity contribution in [3.05, 3.63) is 23.4 Å². The zero-order valence-corrected chi connectivity index (χ0v) is 9.37. The lowest BCUT2D eigenvalue weighted by atomic mass is 10.2. The number of hydrogen-bond acceptors (Lipinski definition) is 3. The number of rotatable bonds is 3. The van der Waals surface area contributed by atoms with Crippen LogP contribution < -0.4 is 11.1 Å².